The summed E-state index contributed by atoms with van der Waals surface area (Å²) in [5.41, 5.74) is 0.964. The molecule has 2 aromatic rings. The first kappa shape index (κ1) is 9.89. The fraction of sp³-hybridized carbons (Fsp3) is 0. The normalized spacial score (nSPS) is 10.3. The predicted octanol–water partition coefficient (Wildman–Crippen LogP) is 0.824. The van der Waals surface area contributed by atoms with Crippen LogP contribution in [0.2, 0.25) is 0 Å². The van der Waals surface area contributed by atoms with Gasteiger partial charge in [0.15, 0.2) is 6.29 Å². The number of hydrogen-bond donors (Lipinski definition) is 2. The summed E-state index contributed by atoms with van der Waals surface area (Å²) in [4.78, 5) is 10.8. The molecule has 15 heavy (non-hydrogen) atoms. The fourth-order valence-electron chi connectivity index (χ4n) is 1.67. The molecule has 2 aromatic carbocycles. The van der Waals surface area contributed by atoms with E-state index in [9.17, 15) is 4.79 Å². The summed E-state index contributed by atoms with van der Waals surface area (Å²) in [6.45, 7) is 0. The lowest BCUT2D eigenvalue weighted by Gasteiger charge is -2.06. The van der Waals surface area contributed by atoms with Crippen molar-refractivity contribution in [2.75, 3.05) is 0 Å². The maximum absolute atomic E-state index is 10.8. The molecule has 0 spiro atoms. The van der Waals surface area contributed by atoms with Crippen LogP contribution < -0.4 is 5.46 Å². The van der Waals surface area contributed by atoms with E-state index in [-0.39, 0.29) is 2.85 Å². The summed E-state index contributed by atoms with van der Waals surface area (Å²) in [6, 6.07) is 10.3. The summed E-state index contributed by atoms with van der Waals surface area (Å²) >= 11 is 0. The van der Waals surface area contributed by atoms with Gasteiger partial charge >= 0.3 is 7.12 Å². The Kier molecular flexibility index (Phi) is 2.54. The third-order valence-corrected chi connectivity index (χ3v) is 2.40. The number of carbonyl (C=O) groups is 1. The van der Waals surface area contributed by atoms with E-state index < -0.39 is 7.12 Å². The summed E-state index contributed by atoms with van der Waals surface area (Å²) in [6.07, 6.45) is 0.760. The second-order valence-electron chi connectivity index (χ2n) is 3.28. The number of aldehydes is 1. The highest BCUT2D eigenvalue weighted by molar-refractivity contribution is 6.62. The van der Waals surface area contributed by atoms with Crippen LogP contribution in [-0.2, 0) is 0 Å². The van der Waals surface area contributed by atoms with Gasteiger partial charge in [0.2, 0.25) is 0 Å². The number of rotatable bonds is 2. The molecule has 4 heteroatoms. The SMILES string of the molecule is O=Cc1ccc(B(O)O)c2ccccc12.[HH].[HH]. The molecule has 0 atom stereocenters. The van der Waals surface area contributed by atoms with E-state index in [1.807, 2.05) is 6.07 Å². The highest BCUT2D eigenvalue weighted by Crippen LogP contribution is 2.15. The minimum absolute atomic E-state index is 0. The molecule has 0 radical (unpaired) electrons. The molecule has 0 aliphatic heterocycles. The molecule has 0 aliphatic carbocycles. The number of benzene rings is 2. The van der Waals surface area contributed by atoms with Crippen LogP contribution in [0.25, 0.3) is 10.8 Å². The molecule has 0 bridgehead atoms. The van der Waals surface area contributed by atoms with Gasteiger partial charge in [0.25, 0.3) is 0 Å². The summed E-state index contributed by atoms with van der Waals surface area (Å²) in [7, 11) is -1.52. The highest BCUT2D eigenvalue weighted by atomic mass is 16.4. The van der Waals surface area contributed by atoms with E-state index in [2.05, 4.69) is 0 Å². The molecule has 0 saturated heterocycles. The molecule has 0 heterocycles. The van der Waals surface area contributed by atoms with E-state index in [1.165, 1.54) is 0 Å². The van der Waals surface area contributed by atoms with Crippen LogP contribution in [0.5, 0.6) is 0 Å². The van der Waals surface area contributed by atoms with E-state index in [4.69, 9.17) is 10.0 Å². The van der Waals surface area contributed by atoms with Gasteiger partial charge in [-0.25, -0.2) is 0 Å². The average Bonchev–Trinajstić information content (AvgIpc) is 2.27. The maximum atomic E-state index is 10.8. The van der Waals surface area contributed by atoms with Gasteiger partial charge in [-0.05, 0) is 16.2 Å². The minimum Gasteiger partial charge on any atom is -0.423 e. The Morgan fingerprint density at radius 2 is 1.73 bits per heavy atom. The maximum Gasteiger partial charge on any atom is 0.489 e. The quantitative estimate of drug-likeness (QED) is 0.562. The third kappa shape index (κ3) is 1.65. The predicted molar refractivity (Wildman–Crippen MR) is 63.4 cm³/mol. The third-order valence-electron chi connectivity index (χ3n) is 2.40. The largest absolute Gasteiger partial charge is 0.489 e. The Labute approximate surface area is 90.1 Å². The van der Waals surface area contributed by atoms with Crippen LogP contribution >= 0.6 is 0 Å². The Bertz CT molecular complexity index is 517. The molecular formula is C11H13BO3. The molecule has 0 fully saturated rings. The fourth-order valence-corrected chi connectivity index (χ4v) is 1.67. The number of carbonyl (C=O) groups excluding carboxylic acids is 1. The van der Waals surface area contributed by atoms with Crippen LogP contribution in [0, 0.1) is 0 Å². The zero-order chi connectivity index (χ0) is 10.8. The van der Waals surface area contributed by atoms with Crippen LogP contribution in [0.3, 0.4) is 0 Å². The zero-order valence-electron chi connectivity index (χ0n) is 7.92. The molecule has 0 aliphatic rings. The van der Waals surface area contributed by atoms with Crippen molar-refractivity contribution in [1.29, 1.82) is 0 Å². The number of hydrogen-bond acceptors (Lipinski definition) is 3. The van der Waals surface area contributed by atoms with Gasteiger partial charge in [-0.2, -0.15) is 0 Å². The van der Waals surface area contributed by atoms with E-state index in [0.29, 0.717) is 16.4 Å². The van der Waals surface area contributed by atoms with Gasteiger partial charge in [-0.15, -0.1) is 0 Å². The Morgan fingerprint density at radius 3 is 2.33 bits per heavy atom. The van der Waals surface area contributed by atoms with Crippen LogP contribution in [0.15, 0.2) is 36.4 Å². The first-order valence-electron chi connectivity index (χ1n) is 4.57. The van der Waals surface area contributed by atoms with E-state index in [1.54, 1.807) is 30.3 Å². The van der Waals surface area contributed by atoms with Gasteiger partial charge < -0.3 is 10.0 Å². The van der Waals surface area contributed by atoms with Crippen molar-refractivity contribution in [2.24, 2.45) is 0 Å². The van der Waals surface area contributed by atoms with Crippen LogP contribution in [0.4, 0.5) is 0 Å². The molecule has 0 saturated carbocycles. The molecule has 2 rings (SSSR count). The molecule has 2 N–H and O–H groups in total. The van der Waals surface area contributed by atoms with E-state index >= 15 is 0 Å². The van der Waals surface area contributed by atoms with E-state index in [0.717, 1.165) is 11.7 Å². The van der Waals surface area contributed by atoms with Crippen molar-refractivity contribution >= 4 is 29.6 Å². The van der Waals surface area contributed by atoms with Crippen molar-refractivity contribution in [3.8, 4) is 0 Å². The summed E-state index contributed by atoms with van der Waals surface area (Å²) in [5.74, 6) is 0. The van der Waals surface area contributed by atoms with Crippen molar-refractivity contribution in [3.63, 3.8) is 0 Å². The second kappa shape index (κ2) is 3.84. The Hall–Kier alpha value is -1.65. The van der Waals surface area contributed by atoms with Crippen LogP contribution in [-0.4, -0.2) is 23.5 Å². The molecular weight excluding hydrogens is 191 g/mol. The van der Waals surface area contributed by atoms with Gasteiger partial charge in [0.05, 0.1) is 0 Å². The Balaban J connectivity index is 0.00000128. The standard InChI is InChI=1S/C11H9BO3.2H2/c13-7-8-5-6-11(12(14)15)10-4-2-1-3-9(8)10;;/h1-7,14-15H;2*1H. The topological polar surface area (TPSA) is 57.5 Å². The lowest BCUT2D eigenvalue weighted by atomic mass is 9.76. The van der Waals surface area contributed by atoms with Crippen molar-refractivity contribution in [2.45, 2.75) is 0 Å². The van der Waals surface area contributed by atoms with Crippen molar-refractivity contribution in [1.82, 2.24) is 0 Å². The Morgan fingerprint density at radius 1 is 1.07 bits per heavy atom. The minimum atomic E-state index is -1.52. The highest BCUT2D eigenvalue weighted by Gasteiger charge is 2.15. The average molecular weight is 204 g/mol. The first-order chi connectivity index (χ1) is 7.24. The monoisotopic (exact) mass is 204 g/mol. The van der Waals surface area contributed by atoms with Gasteiger partial charge in [-0.3, -0.25) is 4.79 Å². The van der Waals surface area contributed by atoms with Gasteiger partial charge in [-0.1, -0.05) is 36.4 Å². The molecule has 0 unspecified atom stereocenters. The molecule has 0 aromatic heterocycles. The van der Waals surface area contributed by atoms with Crippen molar-refractivity contribution < 1.29 is 17.7 Å². The first-order valence-corrected chi connectivity index (χ1v) is 4.57. The summed E-state index contributed by atoms with van der Waals surface area (Å²) < 4.78 is 0. The molecule has 0 amide bonds. The lowest BCUT2D eigenvalue weighted by molar-refractivity contribution is 0.112. The van der Waals surface area contributed by atoms with Crippen molar-refractivity contribution in [3.05, 3.63) is 42.0 Å². The summed E-state index contributed by atoms with van der Waals surface area (Å²) in [5, 5.41) is 19.7. The number of fused-ring (bicyclic) bond motifs is 1. The molecule has 78 valence electrons. The second-order valence-corrected chi connectivity index (χ2v) is 3.28. The van der Waals surface area contributed by atoms with Gasteiger partial charge in [0, 0.05) is 8.42 Å². The van der Waals surface area contributed by atoms with Gasteiger partial charge in [0.1, 0.15) is 0 Å². The smallest absolute Gasteiger partial charge is 0.423 e. The lowest BCUT2D eigenvalue weighted by Crippen LogP contribution is -2.30. The zero-order valence-corrected chi connectivity index (χ0v) is 7.92. The van der Waals surface area contributed by atoms with Crippen LogP contribution in [0.1, 0.15) is 13.2 Å². The molecule has 3 nitrogen and oxygen atoms in total.